The number of aryl methyl sites for hydroxylation is 1. The Bertz CT molecular complexity index is 1240. The van der Waals surface area contributed by atoms with Crippen molar-refractivity contribution >= 4 is 39.2 Å². The van der Waals surface area contributed by atoms with Crippen LogP contribution in [-0.4, -0.2) is 25.3 Å². The Balaban J connectivity index is 1.88. The molecular formula is C25H25Cl2NO4S. The second-order valence-corrected chi connectivity index (χ2v) is 10.0. The van der Waals surface area contributed by atoms with Crippen molar-refractivity contribution in [3.05, 3.63) is 93.5 Å². The monoisotopic (exact) mass is 505 g/mol. The summed E-state index contributed by atoms with van der Waals surface area (Å²) in [6, 6.07) is 18.4. The van der Waals surface area contributed by atoms with E-state index in [-0.39, 0.29) is 34.2 Å². The molecule has 0 radical (unpaired) electrons. The predicted molar refractivity (Wildman–Crippen MR) is 132 cm³/mol. The third-order valence-corrected chi connectivity index (χ3v) is 7.57. The third-order valence-electron chi connectivity index (χ3n) is 5.36. The minimum Gasteiger partial charge on any atom is -0.379 e. The lowest BCUT2D eigenvalue weighted by Gasteiger charge is -2.29. The zero-order valence-electron chi connectivity index (χ0n) is 18.6. The summed E-state index contributed by atoms with van der Waals surface area (Å²) in [6.07, 6.45) is 0.743. The minimum atomic E-state index is -4.14. The van der Waals surface area contributed by atoms with Gasteiger partial charge in [-0.3, -0.25) is 4.79 Å². The number of hydrogen-bond donors (Lipinski definition) is 0. The Morgan fingerprint density at radius 3 is 2.33 bits per heavy atom. The van der Waals surface area contributed by atoms with Crippen molar-refractivity contribution in [1.29, 1.82) is 0 Å². The number of carbonyl (C=O) groups excluding carboxylic acids is 1. The molecule has 3 aromatic carbocycles. The first-order valence-corrected chi connectivity index (χ1v) is 12.6. The lowest BCUT2D eigenvalue weighted by molar-refractivity contribution is 0.0671. The topological polar surface area (TPSA) is 63.7 Å². The summed E-state index contributed by atoms with van der Waals surface area (Å²) in [5, 5.41) is 0.480. The van der Waals surface area contributed by atoms with Gasteiger partial charge in [0.15, 0.2) is 0 Å². The fourth-order valence-corrected chi connectivity index (χ4v) is 5.36. The smallest absolute Gasteiger partial charge is 0.340 e. The summed E-state index contributed by atoms with van der Waals surface area (Å²) in [6.45, 7) is 5.87. The second-order valence-electron chi connectivity index (χ2n) is 7.74. The molecule has 1 amide bonds. The molecule has 8 heteroatoms. The first-order valence-electron chi connectivity index (χ1n) is 10.5. The molecule has 174 valence electrons. The molecule has 1 atom stereocenters. The van der Waals surface area contributed by atoms with Crippen LogP contribution in [0.5, 0.6) is 5.75 Å². The Morgan fingerprint density at radius 1 is 1.00 bits per heavy atom. The Kier molecular flexibility index (Phi) is 8.05. The van der Waals surface area contributed by atoms with Gasteiger partial charge in [-0.1, -0.05) is 66.5 Å². The summed E-state index contributed by atoms with van der Waals surface area (Å²) < 4.78 is 31.1. The van der Waals surface area contributed by atoms with Gasteiger partial charge in [-0.25, -0.2) is 0 Å². The molecule has 0 aromatic heterocycles. The van der Waals surface area contributed by atoms with Gasteiger partial charge in [0.05, 0.1) is 15.6 Å². The third kappa shape index (κ3) is 5.88. The number of carbonyl (C=O) groups is 1. The number of amides is 1. The van der Waals surface area contributed by atoms with E-state index in [4.69, 9.17) is 27.4 Å². The van der Waals surface area contributed by atoms with Gasteiger partial charge in [0.1, 0.15) is 10.6 Å². The van der Waals surface area contributed by atoms with Crippen LogP contribution in [0.3, 0.4) is 0 Å². The fourth-order valence-electron chi connectivity index (χ4n) is 3.43. The van der Waals surface area contributed by atoms with Crippen LogP contribution in [-0.2, 0) is 16.7 Å². The molecular weight excluding hydrogens is 481 g/mol. The van der Waals surface area contributed by atoms with Crippen LogP contribution >= 0.6 is 23.2 Å². The number of rotatable bonds is 8. The van der Waals surface area contributed by atoms with E-state index in [0.717, 1.165) is 12.0 Å². The zero-order chi connectivity index (χ0) is 24.2. The molecule has 0 fully saturated rings. The van der Waals surface area contributed by atoms with Gasteiger partial charge in [-0.05, 0) is 61.7 Å². The average Bonchev–Trinajstić information content (AvgIpc) is 2.76. The fraction of sp³-hybridized carbons (Fsp3) is 0.240. The highest BCUT2D eigenvalue weighted by molar-refractivity contribution is 7.87. The van der Waals surface area contributed by atoms with Gasteiger partial charge in [-0.15, -0.1) is 0 Å². The summed E-state index contributed by atoms with van der Waals surface area (Å²) in [4.78, 5) is 14.9. The first kappa shape index (κ1) is 25.1. The predicted octanol–water partition coefficient (Wildman–Crippen LogP) is 6.51. The highest BCUT2D eigenvalue weighted by Crippen LogP contribution is 2.29. The molecule has 0 aliphatic heterocycles. The van der Waals surface area contributed by atoms with E-state index in [1.807, 2.05) is 19.9 Å². The van der Waals surface area contributed by atoms with Gasteiger partial charge >= 0.3 is 10.1 Å². The molecule has 0 heterocycles. The molecule has 33 heavy (non-hydrogen) atoms. The maximum Gasteiger partial charge on any atom is 0.340 e. The van der Waals surface area contributed by atoms with Crippen molar-refractivity contribution < 1.29 is 17.4 Å². The van der Waals surface area contributed by atoms with E-state index in [9.17, 15) is 13.2 Å². The molecule has 0 saturated carbocycles. The van der Waals surface area contributed by atoms with Crippen LogP contribution in [0.25, 0.3) is 0 Å². The SMILES string of the molecule is CCC(C)N(Cc1cccc(OS(=O)(=O)c2c(C)cccc2Cl)c1)C(=O)c1ccccc1Cl. The summed E-state index contributed by atoms with van der Waals surface area (Å²) >= 11 is 12.4. The average molecular weight is 506 g/mol. The van der Waals surface area contributed by atoms with Crippen molar-refractivity contribution in [3.63, 3.8) is 0 Å². The highest BCUT2D eigenvalue weighted by Gasteiger charge is 2.25. The lowest BCUT2D eigenvalue weighted by atomic mass is 10.1. The van der Waals surface area contributed by atoms with Crippen molar-refractivity contribution in [2.75, 3.05) is 0 Å². The van der Waals surface area contributed by atoms with Crippen LogP contribution in [0.4, 0.5) is 0 Å². The van der Waals surface area contributed by atoms with Crippen molar-refractivity contribution in [2.45, 2.75) is 44.7 Å². The van der Waals surface area contributed by atoms with Crippen molar-refractivity contribution in [3.8, 4) is 5.75 Å². The quantitative estimate of drug-likeness (QED) is 0.327. The molecule has 5 nitrogen and oxygen atoms in total. The summed E-state index contributed by atoms with van der Waals surface area (Å²) in [5.41, 5.74) is 1.63. The molecule has 0 saturated heterocycles. The summed E-state index contributed by atoms with van der Waals surface area (Å²) in [5.74, 6) is -0.0540. The maximum absolute atomic E-state index is 13.2. The second kappa shape index (κ2) is 10.6. The number of hydrogen-bond acceptors (Lipinski definition) is 4. The normalized spacial score (nSPS) is 12.3. The lowest BCUT2D eigenvalue weighted by Crippen LogP contribution is -2.38. The van der Waals surface area contributed by atoms with E-state index in [1.54, 1.807) is 66.4 Å². The van der Waals surface area contributed by atoms with Crippen molar-refractivity contribution in [2.24, 2.45) is 0 Å². The van der Waals surface area contributed by atoms with Gasteiger partial charge in [-0.2, -0.15) is 8.42 Å². The number of halogens is 2. The molecule has 3 rings (SSSR count). The Labute approximate surface area is 205 Å². The Morgan fingerprint density at radius 2 is 1.67 bits per heavy atom. The standard InChI is InChI=1S/C25H25Cl2NO4S/c1-4-18(3)28(25(29)21-12-5-6-13-22(21)26)16-19-10-8-11-20(15-19)32-33(30,31)24-17(2)9-7-14-23(24)27/h5-15,18H,4,16H2,1-3H3. The van der Waals surface area contributed by atoms with Gasteiger partial charge in [0, 0.05) is 12.6 Å². The number of benzene rings is 3. The maximum atomic E-state index is 13.2. The zero-order valence-corrected chi connectivity index (χ0v) is 20.9. The molecule has 0 spiro atoms. The largest absolute Gasteiger partial charge is 0.379 e. The minimum absolute atomic E-state index is 0.0622. The van der Waals surface area contributed by atoms with Crippen LogP contribution in [0, 0.1) is 6.92 Å². The van der Waals surface area contributed by atoms with Crippen LogP contribution in [0.1, 0.15) is 41.8 Å². The van der Waals surface area contributed by atoms with Crippen molar-refractivity contribution in [1.82, 2.24) is 4.90 Å². The molecule has 0 bridgehead atoms. The first-order chi connectivity index (χ1) is 15.6. The van der Waals surface area contributed by atoms with Gasteiger partial charge in [0.2, 0.25) is 0 Å². The molecule has 3 aromatic rings. The molecule has 1 unspecified atom stereocenters. The van der Waals surface area contributed by atoms with Crippen LogP contribution < -0.4 is 4.18 Å². The number of nitrogens with zero attached hydrogens (tertiary/aromatic N) is 1. The van der Waals surface area contributed by atoms with E-state index in [2.05, 4.69) is 0 Å². The highest BCUT2D eigenvalue weighted by atomic mass is 35.5. The van der Waals surface area contributed by atoms with Gasteiger partial charge in [0.25, 0.3) is 5.91 Å². The van der Waals surface area contributed by atoms with E-state index >= 15 is 0 Å². The van der Waals surface area contributed by atoms with Crippen LogP contribution in [0.15, 0.2) is 71.6 Å². The van der Waals surface area contributed by atoms with Crippen LogP contribution in [0.2, 0.25) is 10.0 Å². The Hall–Kier alpha value is -2.54. The summed E-state index contributed by atoms with van der Waals surface area (Å²) in [7, 11) is -4.14. The van der Waals surface area contributed by atoms with E-state index in [1.165, 1.54) is 6.07 Å². The molecule has 0 N–H and O–H groups in total. The van der Waals surface area contributed by atoms with E-state index in [0.29, 0.717) is 16.1 Å². The molecule has 0 aliphatic carbocycles. The molecule has 0 aliphatic rings. The van der Waals surface area contributed by atoms with E-state index < -0.39 is 10.1 Å². The van der Waals surface area contributed by atoms with Gasteiger partial charge < -0.3 is 9.08 Å².